The van der Waals surface area contributed by atoms with Gasteiger partial charge in [0.15, 0.2) is 0 Å². The lowest BCUT2D eigenvalue weighted by Crippen LogP contribution is -2.29. The Morgan fingerprint density at radius 1 is 1.09 bits per heavy atom. The topological polar surface area (TPSA) is 58.5 Å². The van der Waals surface area contributed by atoms with Gasteiger partial charge in [0.1, 0.15) is 0 Å². The van der Waals surface area contributed by atoms with Crippen molar-refractivity contribution in [2.75, 3.05) is 5.32 Å². The molecule has 1 aliphatic carbocycles. The van der Waals surface area contributed by atoms with Crippen LogP contribution in [0.25, 0.3) is 22.3 Å². The number of aromatic amines is 1. The van der Waals surface area contributed by atoms with Crippen molar-refractivity contribution in [3.05, 3.63) is 54.7 Å². The number of H-pyrrole nitrogens is 1. The van der Waals surface area contributed by atoms with Gasteiger partial charge < -0.3 is 9.88 Å². The first-order valence-electron chi connectivity index (χ1n) is 11.7. The summed E-state index contributed by atoms with van der Waals surface area (Å²) >= 11 is -0.111. The molecule has 2 aromatic carbocycles. The molecule has 1 saturated carbocycles. The third-order valence-electron chi connectivity index (χ3n) is 6.57. The molecule has 5 rings (SSSR count). The minimum absolute atomic E-state index is 0.111. The number of fused-ring (bicyclic) bond motifs is 1. The summed E-state index contributed by atoms with van der Waals surface area (Å²) < 4.78 is 40.4. The molecule has 2 aromatic heterocycles. The summed E-state index contributed by atoms with van der Waals surface area (Å²) in [6.45, 7) is 6.93. The molecule has 2 heterocycles. The van der Waals surface area contributed by atoms with Crippen molar-refractivity contribution >= 4 is 34.4 Å². The van der Waals surface area contributed by atoms with Gasteiger partial charge in [-0.15, -0.1) is 0 Å². The summed E-state index contributed by atoms with van der Waals surface area (Å²) in [4.78, 5) is 5.10. The van der Waals surface area contributed by atoms with Gasteiger partial charge in [0.25, 0.3) is 0 Å². The average molecular weight is 500 g/mol. The van der Waals surface area contributed by atoms with Crippen molar-refractivity contribution in [1.29, 1.82) is 0 Å². The fraction of sp³-hybridized carbons (Fsp3) is 0.385. The van der Waals surface area contributed by atoms with Gasteiger partial charge in [-0.1, -0.05) is 26.8 Å². The van der Waals surface area contributed by atoms with E-state index in [0.29, 0.717) is 17.6 Å². The van der Waals surface area contributed by atoms with Gasteiger partial charge >= 0.3 is 5.51 Å². The van der Waals surface area contributed by atoms with Crippen molar-refractivity contribution < 1.29 is 13.2 Å². The number of nitrogens with one attached hydrogen (secondary N) is 2. The molecule has 35 heavy (non-hydrogen) atoms. The van der Waals surface area contributed by atoms with Crippen LogP contribution in [0.4, 0.5) is 24.8 Å². The maximum atomic E-state index is 12.7. The first-order valence-corrected chi connectivity index (χ1v) is 12.5. The van der Waals surface area contributed by atoms with Crippen LogP contribution in [0.3, 0.4) is 0 Å². The lowest BCUT2D eigenvalue weighted by atomic mass is 9.70. The molecule has 9 heteroatoms. The predicted molar refractivity (Wildman–Crippen MR) is 135 cm³/mol. The Kier molecular flexibility index (Phi) is 6.07. The Labute approximate surface area is 206 Å². The molecule has 0 spiro atoms. The van der Waals surface area contributed by atoms with Gasteiger partial charge in [0.05, 0.1) is 16.7 Å². The zero-order chi connectivity index (χ0) is 24.8. The number of imidazole rings is 1. The Bertz CT molecular complexity index is 1310. The van der Waals surface area contributed by atoms with Crippen molar-refractivity contribution in [2.24, 2.45) is 11.3 Å². The molecule has 0 radical (unpaired) electrons. The molecular formula is C26H28F3N5S. The van der Waals surface area contributed by atoms with Gasteiger partial charge in [-0.05, 0) is 84.8 Å². The number of halogens is 3. The second-order valence-corrected chi connectivity index (χ2v) is 11.4. The highest BCUT2D eigenvalue weighted by Gasteiger charge is 2.35. The van der Waals surface area contributed by atoms with E-state index in [2.05, 4.69) is 53.0 Å². The number of hydrogen-bond donors (Lipinski definition) is 2. The molecule has 0 amide bonds. The molecule has 0 aliphatic heterocycles. The van der Waals surface area contributed by atoms with Gasteiger partial charge in [-0.25, -0.2) is 4.98 Å². The molecule has 184 valence electrons. The zero-order valence-electron chi connectivity index (χ0n) is 19.9. The summed E-state index contributed by atoms with van der Waals surface area (Å²) in [5.74, 6) is 1.28. The van der Waals surface area contributed by atoms with Crippen LogP contribution in [0.1, 0.15) is 46.1 Å². The molecule has 5 nitrogen and oxygen atoms in total. The summed E-state index contributed by atoms with van der Waals surface area (Å²) in [5.41, 5.74) is 0.417. The van der Waals surface area contributed by atoms with Crippen LogP contribution in [0.2, 0.25) is 0 Å². The number of benzene rings is 2. The van der Waals surface area contributed by atoms with E-state index < -0.39 is 5.51 Å². The molecule has 4 aromatic rings. The monoisotopic (exact) mass is 499 g/mol. The molecule has 0 bridgehead atoms. The number of anilines is 2. The largest absolute Gasteiger partial charge is 0.446 e. The van der Waals surface area contributed by atoms with Crippen molar-refractivity contribution in [3.8, 4) is 11.3 Å². The Balaban J connectivity index is 1.54. The predicted octanol–water partition coefficient (Wildman–Crippen LogP) is 8.17. The van der Waals surface area contributed by atoms with Crippen molar-refractivity contribution in [3.63, 3.8) is 0 Å². The zero-order valence-corrected chi connectivity index (χ0v) is 20.7. The fourth-order valence-corrected chi connectivity index (χ4v) is 6.04. The summed E-state index contributed by atoms with van der Waals surface area (Å²) in [5, 5.41) is 10.4. The molecule has 2 atom stereocenters. The lowest BCUT2D eigenvalue weighted by Gasteiger charge is -2.40. The van der Waals surface area contributed by atoms with E-state index in [0.717, 1.165) is 35.1 Å². The normalized spacial score (nSPS) is 20.3. The maximum absolute atomic E-state index is 12.7. The maximum Gasteiger partial charge on any atom is 0.446 e. The summed E-state index contributed by atoms with van der Waals surface area (Å²) in [7, 11) is 0. The van der Waals surface area contributed by atoms with Gasteiger partial charge in [-0.3, -0.25) is 5.10 Å². The summed E-state index contributed by atoms with van der Waals surface area (Å²) in [6.07, 6.45) is 4.98. The van der Waals surface area contributed by atoms with Crippen molar-refractivity contribution in [2.45, 2.75) is 56.5 Å². The Hall–Kier alpha value is -2.94. The van der Waals surface area contributed by atoms with Crippen LogP contribution < -0.4 is 5.32 Å². The molecule has 1 fully saturated rings. The van der Waals surface area contributed by atoms with Gasteiger partial charge in [-0.2, -0.15) is 18.3 Å². The molecule has 0 saturated heterocycles. The number of hydrogen-bond acceptors (Lipinski definition) is 4. The third-order valence-corrected chi connectivity index (χ3v) is 7.31. The first-order chi connectivity index (χ1) is 16.6. The lowest BCUT2D eigenvalue weighted by molar-refractivity contribution is -0.0328. The van der Waals surface area contributed by atoms with Crippen LogP contribution in [0, 0.1) is 11.3 Å². The molecule has 2 N–H and O–H groups in total. The fourth-order valence-electron chi connectivity index (χ4n) is 5.50. The van der Waals surface area contributed by atoms with E-state index in [1.807, 2.05) is 12.1 Å². The summed E-state index contributed by atoms with van der Waals surface area (Å²) in [6, 6.07) is 14.7. The third kappa shape index (κ3) is 5.34. The quantitative estimate of drug-likeness (QED) is 0.272. The Morgan fingerprint density at radius 3 is 2.51 bits per heavy atom. The minimum atomic E-state index is -4.31. The number of rotatable bonds is 5. The smallest absolute Gasteiger partial charge is 0.326 e. The standard InChI is InChI=1S/C26H28F3N5S/c1-16-12-19(15-25(2,3)14-16)34-23-9-4-17(21-10-11-30-33-21)13-22(23)32-24(34)31-18-5-7-20(8-6-18)35-26(27,28)29/h4-11,13,16,19H,12,14-15H2,1-3H3,(H,30,33)(H,31,32)/t16-,19+/m1/s1. The van der Waals surface area contributed by atoms with E-state index in [4.69, 9.17) is 4.98 Å². The van der Waals surface area contributed by atoms with Gasteiger partial charge in [0.2, 0.25) is 5.95 Å². The van der Waals surface area contributed by atoms with Crippen LogP contribution >= 0.6 is 11.8 Å². The van der Waals surface area contributed by atoms with Crippen LogP contribution in [0.15, 0.2) is 59.6 Å². The van der Waals surface area contributed by atoms with Crippen LogP contribution in [-0.4, -0.2) is 25.3 Å². The highest BCUT2D eigenvalue weighted by atomic mass is 32.2. The number of thioether (sulfide) groups is 1. The molecule has 0 unspecified atom stereocenters. The molecule has 1 aliphatic rings. The second-order valence-electron chi connectivity index (χ2n) is 10.2. The average Bonchev–Trinajstić information content (AvgIpc) is 3.40. The van der Waals surface area contributed by atoms with E-state index >= 15 is 0 Å². The van der Waals surface area contributed by atoms with Gasteiger partial charge in [0, 0.05) is 28.4 Å². The number of aromatic nitrogens is 4. The highest BCUT2D eigenvalue weighted by molar-refractivity contribution is 8.00. The highest BCUT2D eigenvalue weighted by Crippen LogP contribution is 2.46. The van der Waals surface area contributed by atoms with E-state index in [1.165, 1.54) is 18.6 Å². The second kappa shape index (κ2) is 8.93. The van der Waals surface area contributed by atoms with E-state index in [1.54, 1.807) is 18.3 Å². The number of nitrogens with zero attached hydrogens (tertiary/aromatic N) is 3. The molecular weight excluding hydrogens is 471 g/mol. The van der Waals surface area contributed by atoms with E-state index in [9.17, 15) is 13.2 Å². The van der Waals surface area contributed by atoms with Crippen LogP contribution in [0.5, 0.6) is 0 Å². The van der Waals surface area contributed by atoms with Crippen LogP contribution in [-0.2, 0) is 0 Å². The van der Waals surface area contributed by atoms with E-state index in [-0.39, 0.29) is 28.1 Å². The minimum Gasteiger partial charge on any atom is -0.326 e. The Morgan fingerprint density at radius 2 is 1.86 bits per heavy atom. The van der Waals surface area contributed by atoms with Crippen molar-refractivity contribution in [1.82, 2.24) is 19.7 Å². The number of alkyl halides is 3. The first kappa shape index (κ1) is 23.8. The SMILES string of the molecule is C[C@@H]1C[C@H](n2c(Nc3ccc(SC(F)(F)F)cc3)nc3cc(-c4ccn[nH]4)ccc32)CC(C)(C)C1.